The van der Waals surface area contributed by atoms with Gasteiger partial charge in [0.1, 0.15) is 11.6 Å². The molecule has 25 heavy (non-hydrogen) atoms. The molecule has 5 nitrogen and oxygen atoms in total. The van der Waals surface area contributed by atoms with Gasteiger partial charge in [-0.2, -0.15) is 5.10 Å². The molecule has 1 amide bonds. The Morgan fingerprint density at radius 2 is 2.00 bits per heavy atom. The summed E-state index contributed by atoms with van der Waals surface area (Å²) in [6.45, 7) is 1.94. The van der Waals surface area contributed by atoms with E-state index in [0.717, 1.165) is 22.4 Å². The van der Waals surface area contributed by atoms with Crippen molar-refractivity contribution < 1.29 is 9.90 Å². The lowest BCUT2D eigenvalue weighted by Gasteiger charge is -2.24. The molecular formula is C19H16ClN3O2. The Labute approximate surface area is 149 Å². The van der Waals surface area contributed by atoms with Gasteiger partial charge in [-0.05, 0) is 42.3 Å². The number of carbonyl (C=O) groups excluding carboxylic acids is 1. The largest absolute Gasteiger partial charge is 0.508 e. The van der Waals surface area contributed by atoms with Gasteiger partial charge < -0.3 is 10.4 Å². The lowest BCUT2D eigenvalue weighted by atomic mass is 9.87. The predicted octanol–water partition coefficient (Wildman–Crippen LogP) is 4.01. The Bertz CT molecular complexity index is 963. The van der Waals surface area contributed by atoms with Crippen LogP contribution in [0.2, 0.25) is 5.02 Å². The highest BCUT2D eigenvalue weighted by atomic mass is 35.5. The number of carbonyl (C=O) groups is 1. The Kier molecular flexibility index (Phi) is 3.73. The van der Waals surface area contributed by atoms with Gasteiger partial charge >= 0.3 is 0 Å². The molecule has 1 atom stereocenters. The molecule has 0 bridgehead atoms. The third kappa shape index (κ3) is 2.76. The van der Waals surface area contributed by atoms with Crippen LogP contribution in [0.1, 0.15) is 29.0 Å². The summed E-state index contributed by atoms with van der Waals surface area (Å²) in [4.78, 5) is 12.3. The number of aryl methyl sites for hydroxylation is 1. The van der Waals surface area contributed by atoms with Crippen LogP contribution in [0, 0.1) is 6.92 Å². The standard InChI is InChI=1S/C19H16ClN3O2/c1-11-2-5-13(8-17(11)20)23-19-16(10-21-23)15(9-18(25)22-19)12-3-6-14(24)7-4-12/h2-8,10,15,24H,9H2,1H3,(H,22,25). The van der Waals surface area contributed by atoms with E-state index in [2.05, 4.69) is 10.4 Å². The molecule has 0 saturated carbocycles. The maximum absolute atomic E-state index is 12.3. The van der Waals surface area contributed by atoms with Gasteiger partial charge in [0.2, 0.25) is 5.91 Å². The van der Waals surface area contributed by atoms with Gasteiger partial charge in [-0.15, -0.1) is 0 Å². The summed E-state index contributed by atoms with van der Waals surface area (Å²) in [5, 5.41) is 17.5. The van der Waals surface area contributed by atoms with Crippen LogP contribution in [0.4, 0.5) is 5.82 Å². The molecule has 1 aromatic heterocycles. The molecule has 0 fully saturated rings. The van der Waals surface area contributed by atoms with Crippen molar-refractivity contribution in [1.29, 1.82) is 0 Å². The van der Waals surface area contributed by atoms with E-state index in [4.69, 9.17) is 11.6 Å². The number of aromatic nitrogens is 2. The topological polar surface area (TPSA) is 67.2 Å². The molecule has 6 heteroatoms. The van der Waals surface area contributed by atoms with Crippen LogP contribution >= 0.6 is 11.6 Å². The lowest BCUT2D eigenvalue weighted by Crippen LogP contribution is -2.24. The van der Waals surface area contributed by atoms with E-state index >= 15 is 0 Å². The average Bonchev–Trinajstić information content (AvgIpc) is 3.01. The molecule has 2 N–H and O–H groups in total. The number of phenols is 1. The van der Waals surface area contributed by atoms with Gasteiger partial charge in [-0.25, -0.2) is 4.68 Å². The van der Waals surface area contributed by atoms with E-state index < -0.39 is 0 Å². The second-order valence-electron chi connectivity index (χ2n) is 6.19. The first-order chi connectivity index (χ1) is 12.0. The smallest absolute Gasteiger partial charge is 0.226 e. The fraction of sp³-hybridized carbons (Fsp3) is 0.158. The van der Waals surface area contributed by atoms with Crippen molar-refractivity contribution in [2.45, 2.75) is 19.3 Å². The van der Waals surface area contributed by atoms with Gasteiger partial charge in [0.25, 0.3) is 0 Å². The van der Waals surface area contributed by atoms with Crippen LogP contribution in [0.15, 0.2) is 48.7 Å². The van der Waals surface area contributed by atoms with Crippen molar-refractivity contribution in [3.8, 4) is 11.4 Å². The number of nitrogens with one attached hydrogen (secondary N) is 1. The van der Waals surface area contributed by atoms with Crippen LogP contribution in [-0.2, 0) is 4.79 Å². The summed E-state index contributed by atoms with van der Waals surface area (Å²) in [5.41, 5.74) is 3.69. The highest BCUT2D eigenvalue weighted by molar-refractivity contribution is 6.31. The molecule has 0 saturated heterocycles. The fourth-order valence-electron chi connectivity index (χ4n) is 3.13. The number of amides is 1. The van der Waals surface area contributed by atoms with E-state index in [-0.39, 0.29) is 17.6 Å². The molecule has 1 aliphatic rings. The summed E-state index contributed by atoms with van der Waals surface area (Å²) in [6, 6.07) is 12.6. The quantitative estimate of drug-likeness (QED) is 0.731. The van der Waals surface area contributed by atoms with E-state index in [1.54, 1.807) is 23.0 Å². The number of benzene rings is 2. The normalized spacial score (nSPS) is 16.4. The Balaban J connectivity index is 1.81. The second kappa shape index (κ2) is 5.93. The summed E-state index contributed by atoms with van der Waals surface area (Å²) in [6.07, 6.45) is 2.12. The van der Waals surface area contributed by atoms with Gasteiger partial charge in [0.05, 0.1) is 11.9 Å². The SMILES string of the molecule is Cc1ccc(-n2ncc3c2NC(=O)CC3c2ccc(O)cc2)cc1Cl. The van der Waals surface area contributed by atoms with Crippen LogP contribution < -0.4 is 5.32 Å². The van der Waals surface area contributed by atoms with Crippen molar-refractivity contribution in [3.05, 3.63) is 70.4 Å². The Morgan fingerprint density at radius 3 is 2.72 bits per heavy atom. The molecule has 0 aliphatic carbocycles. The molecule has 2 aromatic carbocycles. The maximum Gasteiger partial charge on any atom is 0.226 e. The monoisotopic (exact) mass is 353 g/mol. The fourth-order valence-corrected chi connectivity index (χ4v) is 3.31. The Morgan fingerprint density at radius 1 is 1.24 bits per heavy atom. The molecule has 3 aromatic rings. The van der Waals surface area contributed by atoms with Crippen molar-refractivity contribution in [3.63, 3.8) is 0 Å². The van der Waals surface area contributed by atoms with Gasteiger partial charge in [0, 0.05) is 22.9 Å². The predicted molar refractivity (Wildman–Crippen MR) is 96.5 cm³/mol. The van der Waals surface area contributed by atoms with Crippen LogP contribution in [0.3, 0.4) is 0 Å². The van der Waals surface area contributed by atoms with Crippen LogP contribution in [0.25, 0.3) is 5.69 Å². The summed E-state index contributed by atoms with van der Waals surface area (Å²) < 4.78 is 1.70. The van der Waals surface area contributed by atoms with Crippen molar-refractivity contribution in [1.82, 2.24) is 9.78 Å². The molecule has 2 heterocycles. The number of rotatable bonds is 2. The third-order valence-corrected chi connectivity index (χ3v) is 4.92. The molecule has 126 valence electrons. The number of hydrogen-bond acceptors (Lipinski definition) is 3. The highest BCUT2D eigenvalue weighted by Gasteiger charge is 2.30. The summed E-state index contributed by atoms with van der Waals surface area (Å²) >= 11 is 6.23. The number of anilines is 1. The van der Waals surface area contributed by atoms with Gasteiger partial charge in [-0.3, -0.25) is 4.79 Å². The number of nitrogens with zero attached hydrogens (tertiary/aromatic N) is 2. The van der Waals surface area contributed by atoms with Crippen molar-refractivity contribution in [2.75, 3.05) is 5.32 Å². The summed E-state index contributed by atoms with van der Waals surface area (Å²) in [5.74, 6) is 0.702. The van der Waals surface area contributed by atoms with E-state index in [1.165, 1.54) is 0 Å². The molecule has 1 aliphatic heterocycles. The molecule has 1 unspecified atom stereocenters. The van der Waals surface area contributed by atoms with E-state index in [0.29, 0.717) is 17.3 Å². The zero-order valence-electron chi connectivity index (χ0n) is 13.5. The van der Waals surface area contributed by atoms with Crippen molar-refractivity contribution in [2.24, 2.45) is 0 Å². The average molecular weight is 354 g/mol. The zero-order valence-corrected chi connectivity index (χ0v) is 14.3. The first kappa shape index (κ1) is 15.7. The molecule has 4 rings (SSSR count). The minimum Gasteiger partial charge on any atom is -0.508 e. The first-order valence-electron chi connectivity index (χ1n) is 7.96. The molecule has 0 radical (unpaired) electrons. The number of phenolic OH excluding ortho intramolecular Hbond substituents is 1. The van der Waals surface area contributed by atoms with Crippen LogP contribution in [-0.4, -0.2) is 20.8 Å². The van der Waals surface area contributed by atoms with Gasteiger partial charge in [0.15, 0.2) is 0 Å². The maximum atomic E-state index is 12.3. The number of aromatic hydroxyl groups is 1. The first-order valence-corrected chi connectivity index (χ1v) is 8.34. The molecule has 0 spiro atoms. The van der Waals surface area contributed by atoms with Crippen LogP contribution in [0.5, 0.6) is 5.75 Å². The number of hydrogen-bond donors (Lipinski definition) is 2. The van der Waals surface area contributed by atoms with Crippen molar-refractivity contribution >= 4 is 23.3 Å². The zero-order chi connectivity index (χ0) is 17.6. The lowest BCUT2D eigenvalue weighted by molar-refractivity contribution is -0.116. The van der Waals surface area contributed by atoms with Gasteiger partial charge in [-0.1, -0.05) is 29.8 Å². The second-order valence-corrected chi connectivity index (χ2v) is 6.60. The Hall–Kier alpha value is -2.79. The minimum atomic E-state index is -0.0981. The highest BCUT2D eigenvalue weighted by Crippen LogP contribution is 2.38. The summed E-state index contributed by atoms with van der Waals surface area (Å²) in [7, 11) is 0. The minimum absolute atomic E-state index is 0.0643. The third-order valence-electron chi connectivity index (χ3n) is 4.52. The molecular weight excluding hydrogens is 338 g/mol. The number of fused-ring (bicyclic) bond motifs is 1. The van der Waals surface area contributed by atoms with E-state index in [1.807, 2.05) is 37.3 Å². The number of halogens is 1. The van der Waals surface area contributed by atoms with E-state index in [9.17, 15) is 9.90 Å².